The van der Waals surface area contributed by atoms with Crippen molar-refractivity contribution in [1.82, 2.24) is 4.90 Å². The highest BCUT2D eigenvalue weighted by Gasteiger charge is 2.36. The Hall–Kier alpha value is -2.28. The summed E-state index contributed by atoms with van der Waals surface area (Å²) in [6.07, 6.45) is 2.06. The summed E-state index contributed by atoms with van der Waals surface area (Å²) in [6.45, 7) is 8.06. The average molecular weight is 391 g/mol. The van der Waals surface area contributed by atoms with Crippen molar-refractivity contribution < 1.29 is 23.9 Å². The van der Waals surface area contributed by atoms with Crippen molar-refractivity contribution in [1.29, 1.82) is 0 Å². The SMILES string of the molecule is CC[C@H](C)OC(=O)CN1C(=O)S/C(=C\c2ccc(OCC(C)C)cc2)C1=O. The quantitative estimate of drug-likeness (QED) is 0.491. The number of hydrogen-bond acceptors (Lipinski definition) is 6. The van der Waals surface area contributed by atoms with Crippen molar-refractivity contribution in [3.63, 3.8) is 0 Å². The minimum atomic E-state index is -0.584. The molecule has 6 nitrogen and oxygen atoms in total. The number of benzene rings is 1. The summed E-state index contributed by atoms with van der Waals surface area (Å²) < 4.78 is 10.8. The van der Waals surface area contributed by atoms with Crippen LogP contribution in [-0.2, 0) is 14.3 Å². The first-order valence-electron chi connectivity index (χ1n) is 8.97. The number of nitrogens with zero attached hydrogens (tertiary/aromatic N) is 1. The van der Waals surface area contributed by atoms with Crippen molar-refractivity contribution in [2.24, 2.45) is 5.92 Å². The lowest BCUT2D eigenvalue weighted by atomic mass is 10.2. The first-order chi connectivity index (χ1) is 12.8. The van der Waals surface area contributed by atoms with Crippen LogP contribution in [0.1, 0.15) is 39.7 Å². The fourth-order valence-corrected chi connectivity index (χ4v) is 3.02. The Kier molecular flexibility index (Phi) is 7.47. The molecule has 0 unspecified atom stereocenters. The summed E-state index contributed by atoms with van der Waals surface area (Å²) in [6, 6.07) is 7.28. The molecule has 1 aliphatic heterocycles. The second kappa shape index (κ2) is 9.60. The minimum absolute atomic E-state index is 0.246. The molecule has 1 aromatic carbocycles. The van der Waals surface area contributed by atoms with Crippen LogP contribution >= 0.6 is 11.8 Å². The predicted octanol–water partition coefficient (Wildman–Crippen LogP) is 4.10. The molecule has 0 N–H and O–H groups in total. The highest BCUT2D eigenvalue weighted by atomic mass is 32.2. The van der Waals surface area contributed by atoms with Gasteiger partial charge >= 0.3 is 5.97 Å². The largest absolute Gasteiger partial charge is 0.493 e. The van der Waals surface area contributed by atoms with Gasteiger partial charge in [0.2, 0.25) is 0 Å². The van der Waals surface area contributed by atoms with E-state index in [1.807, 2.05) is 31.2 Å². The summed E-state index contributed by atoms with van der Waals surface area (Å²) in [5, 5.41) is -0.468. The minimum Gasteiger partial charge on any atom is -0.493 e. The topological polar surface area (TPSA) is 72.9 Å². The molecule has 0 saturated carbocycles. The van der Waals surface area contributed by atoms with E-state index in [2.05, 4.69) is 13.8 Å². The summed E-state index contributed by atoms with van der Waals surface area (Å²) in [4.78, 5) is 37.6. The predicted molar refractivity (Wildman–Crippen MR) is 105 cm³/mol. The molecule has 27 heavy (non-hydrogen) atoms. The van der Waals surface area contributed by atoms with E-state index in [-0.39, 0.29) is 17.6 Å². The van der Waals surface area contributed by atoms with Crippen LogP contribution in [0.4, 0.5) is 4.79 Å². The Balaban J connectivity index is 2.01. The van der Waals surface area contributed by atoms with Gasteiger partial charge in [0.1, 0.15) is 12.3 Å². The van der Waals surface area contributed by atoms with E-state index < -0.39 is 17.1 Å². The van der Waals surface area contributed by atoms with Gasteiger partial charge in [-0.1, -0.05) is 32.9 Å². The fraction of sp³-hybridized carbons (Fsp3) is 0.450. The van der Waals surface area contributed by atoms with Crippen molar-refractivity contribution in [3.8, 4) is 5.75 Å². The molecule has 1 aliphatic rings. The van der Waals surface area contributed by atoms with Gasteiger partial charge < -0.3 is 9.47 Å². The number of thioether (sulfide) groups is 1. The molecule has 0 bridgehead atoms. The Morgan fingerprint density at radius 3 is 2.44 bits per heavy atom. The second-order valence-corrected chi connectivity index (χ2v) is 7.74. The molecule has 146 valence electrons. The van der Waals surface area contributed by atoms with Gasteiger partial charge in [0, 0.05) is 0 Å². The van der Waals surface area contributed by atoms with Gasteiger partial charge in [-0.2, -0.15) is 0 Å². The van der Waals surface area contributed by atoms with Gasteiger partial charge in [-0.05, 0) is 54.8 Å². The molecule has 0 aliphatic carbocycles. The Morgan fingerprint density at radius 1 is 1.19 bits per heavy atom. The monoisotopic (exact) mass is 391 g/mol. The summed E-state index contributed by atoms with van der Waals surface area (Å²) in [7, 11) is 0. The first kappa shape index (κ1) is 21.0. The second-order valence-electron chi connectivity index (χ2n) is 6.75. The number of amides is 2. The zero-order valence-corrected chi connectivity index (χ0v) is 16.9. The summed E-state index contributed by atoms with van der Waals surface area (Å²) in [5.74, 6) is 0.121. The summed E-state index contributed by atoms with van der Waals surface area (Å²) in [5.41, 5.74) is 0.777. The zero-order chi connectivity index (χ0) is 20.0. The number of carbonyl (C=O) groups is 3. The van der Waals surface area contributed by atoms with Gasteiger partial charge in [0.25, 0.3) is 11.1 Å². The molecule has 2 rings (SSSR count). The van der Waals surface area contributed by atoms with Crippen LogP contribution in [0.5, 0.6) is 5.75 Å². The van der Waals surface area contributed by atoms with Gasteiger partial charge in [-0.25, -0.2) is 0 Å². The first-order valence-corrected chi connectivity index (χ1v) is 9.79. The summed E-state index contributed by atoms with van der Waals surface area (Å²) >= 11 is 0.821. The zero-order valence-electron chi connectivity index (χ0n) is 16.1. The number of esters is 1. The van der Waals surface area contributed by atoms with E-state index in [1.165, 1.54) is 0 Å². The smallest absolute Gasteiger partial charge is 0.326 e. The van der Waals surface area contributed by atoms with Crippen LogP contribution in [0.3, 0.4) is 0 Å². The molecule has 0 spiro atoms. The van der Waals surface area contributed by atoms with Crippen LogP contribution in [0.2, 0.25) is 0 Å². The number of rotatable bonds is 8. The standard InChI is InChI=1S/C20H25NO5S/c1-5-14(4)26-18(22)11-21-19(23)17(27-20(21)24)10-15-6-8-16(9-7-15)25-12-13(2)3/h6-10,13-14H,5,11-12H2,1-4H3/b17-10-/t14-/m0/s1. The Labute approximate surface area is 163 Å². The molecule has 7 heteroatoms. The van der Waals surface area contributed by atoms with Crippen LogP contribution in [0, 0.1) is 5.92 Å². The van der Waals surface area contributed by atoms with Crippen molar-refractivity contribution in [3.05, 3.63) is 34.7 Å². The molecule has 0 aromatic heterocycles. The van der Waals surface area contributed by atoms with E-state index in [0.717, 1.165) is 28.0 Å². The van der Waals surface area contributed by atoms with E-state index in [1.54, 1.807) is 13.0 Å². The lowest BCUT2D eigenvalue weighted by molar-refractivity contribution is -0.150. The van der Waals surface area contributed by atoms with Gasteiger partial charge in [-0.15, -0.1) is 0 Å². The highest BCUT2D eigenvalue weighted by Crippen LogP contribution is 2.32. The normalized spacial score (nSPS) is 16.9. The number of hydrogen-bond donors (Lipinski definition) is 0. The average Bonchev–Trinajstić information content (AvgIpc) is 2.88. The van der Waals surface area contributed by atoms with Crippen LogP contribution in [0.25, 0.3) is 6.08 Å². The molecule has 1 fully saturated rings. The molecule has 1 aromatic rings. The molecule has 1 saturated heterocycles. The van der Waals surface area contributed by atoms with Gasteiger partial charge in [-0.3, -0.25) is 19.3 Å². The lowest BCUT2D eigenvalue weighted by Crippen LogP contribution is -2.35. The fourth-order valence-electron chi connectivity index (χ4n) is 2.18. The molecule has 1 heterocycles. The maximum absolute atomic E-state index is 12.4. The van der Waals surface area contributed by atoms with E-state index in [9.17, 15) is 14.4 Å². The van der Waals surface area contributed by atoms with E-state index >= 15 is 0 Å². The number of ether oxygens (including phenoxy) is 2. The van der Waals surface area contributed by atoms with E-state index in [0.29, 0.717) is 18.9 Å². The van der Waals surface area contributed by atoms with Gasteiger partial charge in [0.15, 0.2) is 0 Å². The van der Waals surface area contributed by atoms with Crippen molar-refractivity contribution in [2.45, 2.75) is 40.2 Å². The Morgan fingerprint density at radius 2 is 1.85 bits per heavy atom. The highest BCUT2D eigenvalue weighted by molar-refractivity contribution is 8.18. The van der Waals surface area contributed by atoms with Gasteiger partial charge in [0.05, 0.1) is 17.6 Å². The number of imide groups is 1. The molecule has 1 atom stereocenters. The van der Waals surface area contributed by atoms with Crippen LogP contribution in [-0.4, -0.2) is 41.3 Å². The molecule has 2 amide bonds. The molecular weight excluding hydrogens is 366 g/mol. The van der Waals surface area contributed by atoms with Crippen molar-refractivity contribution >= 4 is 35.0 Å². The third kappa shape index (κ3) is 6.13. The maximum Gasteiger partial charge on any atom is 0.326 e. The van der Waals surface area contributed by atoms with Crippen LogP contribution in [0.15, 0.2) is 29.2 Å². The number of carbonyl (C=O) groups excluding carboxylic acids is 3. The third-order valence-corrected chi connectivity index (χ3v) is 4.74. The Bertz CT molecular complexity index is 726. The molecular formula is C20H25NO5S. The maximum atomic E-state index is 12.4. The van der Waals surface area contributed by atoms with E-state index in [4.69, 9.17) is 9.47 Å². The third-order valence-electron chi connectivity index (χ3n) is 3.83. The van der Waals surface area contributed by atoms with Crippen molar-refractivity contribution in [2.75, 3.05) is 13.2 Å². The van der Waals surface area contributed by atoms with Crippen LogP contribution < -0.4 is 4.74 Å². The molecule has 0 radical (unpaired) electrons. The lowest BCUT2D eigenvalue weighted by Gasteiger charge is -2.14.